The van der Waals surface area contributed by atoms with Crippen LogP contribution in [0.3, 0.4) is 0 Å². The number of nitrogens with zero attached hydrogens (tertiary/aromatic N) is 1. The van der Waals surface area contributed by atoms with Crippen LogP contribution in [0.25, 0.3) is 0 Å². The Morgan fingerprint density at radius 2 is 1.65 bits per heavy atom. The fourth-order valence-corrected chi connectivity index (χ4v) is 2.73. The van der Waals surface area contributed by atoms with Crippen molar-refractivity contribution in [3.63, 3.8) is 0 Å². The van der Waals surface area contributed by atoms with Gasteiger partial charge < -0.3 is 10.6 Å². The van der Waals surface area contributed by atoms with Crippen LogP contribution < -0.4 is 5.73 Å². The van der Waals surface area contributed by atoms with Gasteiger partial charge >= 0.3 is 0 Å². The molecule has 0 aromatic rings. The van der Waals surface area contributed by atoms with Crippen LogP contribution in [0.4, 0.5) is 0 Å². The Labute approximate surface area is 165 Å². The Bertz CT molecular complexity index is 416. The summed E-state index contributed by atoms with van der Waals surface area (Å²) >= 11 is 0. The van der Waals surface area contributed by atoms with Crippen molar-refractivity contribution >= 4 is 0 Å². The van der Waals surface area contributed by atoms with Crippen molar-refractivity contribution in [3.05, 3.63) is 48.4 Å². The zero-order valence-electron chi connectivity index (χ0n) is 19.5. The minimum absolute atomic E-state index is 0.453. The van der Waals surface area contributed by atoms with Gasteiger partial charge in [0.25, 0.3) is 0 Å². The minimum atomic E-state index is 0.453. The summed E-state index contributed by atoms with van der Waals surface area (Å²) < 4.78 is 0. The summed E-state index contributed by atoms with van der Waals surface area (Å²) in [6, 6.07) is 0.453. The maximum atomic E-state index is 5.64. The third-order valence-electron chi connectivity index (χ3n) is 4.63. The lowest BCUT2D eigenvalue weighted by Gasteiger charge is -2.26. The van der Waals surface area contributed by atoms with E-state index < -0.39 is 0 Å². The van der Waals surface area contributed by atoms with E-state index in [9.17, 15) is 0 Å². The first-order chi connectivity index (χ1) is 12.2. The first kappa shape index (κ1) is 29.3. The molecule has 2 atom stereocenters. The Morgan fingerprint density at radius 3 is 1.92 bits per heavy atom. The Kier molecular flexibility index (Phi) is 20.7. The second-order valence-electron chi connectivity index (χ2n) is 6.80. The lowest BCUT2D eigenvalue weighted by Crippen LogP contribution is -2.25. The number of allylic oxidation sites excluding steroid dienone is 4. The maximum absolute atomic E-state index is 5.64. The van der Waals surface area contributed by atoms with Crippen LogP contribution in [-0.4, -0.2) is 18.0 Å². The van der Waals surface area contributed by atoms with E-state index >= 15 is 0 Å². The molecule has 0 spiro atoms. The fraction of sp³-hybridized carbons (Fsp3) is 0.667. The third-order valence-corrected chi connectivity index (χ3v) is 4.63. The molecule has 2 nitrogen and oxygen atoms in total. The molecule has 0 bridgehead atoms. The van der Waals surface area contributed by atoms with Gasteiger partial charge in [0.1, 0.15) is 0 Å². The highest BCUT2D eigenvalue weighted by Gasteiger charge is 2.10. The second-order valence-corrected chi connectivity index (χ2v) is 6.80. The van der Waals surface area contributed by atoms with Crippen LogP contribution in [0.2, 0.25) is 0 Å². The smallest absolute Gasteiger partial charge is 0.0331 e. The van der Waals surface area contributed by atoms with E-state index in [4.69, 9.17) is 5.73 Å². The van der Waals surface area contributed by atoms with Crippen LogP contribution in [0.1, 0.15) is 81.6 Å². The van der Waals surface area contributed by atoms with Crippen LogP contribution in [0, 0.1) is 11.8 Å². The second kappa shape index (κ2) is 18.4. The average Bonchev–Trinajstić information content (AvgIpc) is 2.61. The summed E-state index contributed by atoms with van der Waals surface area (Å²) in [7, 11) is 2.03. The molecule has 0 heterocycles. The molecule has 0 fully saturated rings. The van der Waals surface area contributed by atoms with E-state index in [1.807, 2.05) is 27.8 Å². The summed E-state index contributed by atoms with van der Waals surface area (Å²) in [4.78, 5) is 2.15. The lowest BCUT2D eigenvalue weighted by molar-refractivity contribution is 0.343. The Morgan fingerprint density at radius 1 is 1.15 bits per heavy atom. The van der Waals surface area contributed by atoms with Crippen molar-refractivity contribution in [3.8, 4) is 0 Å². The van der Waals surface area contributed by atoms with Crippen LogP contribution >= 0.6 is 0 Å². The molecule has 2 N–H and O–H groups in total. The van der Waals surface area contributed by atoms with Crippen LogP contribution in [0.5, 0.6) is 0 Å². The standard InChI is InChI=1S/C11H20N2.C11H22.C2H6/c1-7-11(9(4)12)10(5)13(6)8(2)3;1-5-8-10(4)11(7-3)9-6-2;1-2/h7-8H,1,4,12H2,2-3,5-6H3;6,9-11H,5,7-8H2,1-4H3;1-2H3/b11-10+;;/t;10?,11-;/m.0./s1. The molecule has 0 radical (unpaired) electrons. The van der Waals surface area contributed by atoms with Gasteiger partial charge in [0, 0.05) is 30.1 Å². The van der Waals surface area contributed by atoms with Gasteiger partial charge in [-0.3, -0.25) is 0 Å². The number of hydrogen-bond acceptors (Lipinski definition) is 2. The Balaban J connectivity index is -0.000000375. The van der Waals surface area contributed by atoms with Gasteiger partial charge in [0.05, 0.1) is 0 Å². The van der Waals surface area contributed by atoms with Crippen molar-refractivity contribution in [1.82, 2.24) is 4.90 Å². The molecule has 0 aromatic carbocycles. The SMILES string of the molecule is C=C/C(C(=C)N)=C(/C)N(C)C(C)C.CC.CC=C[C@H](CC)C(C)CCC. The van der Waals surface area contributed by atoms with Crippen LogP contribution in [0.15, 0.2) is 48.4 Å². The van der Waals surface area contributed by atoms with E-state index in [1.54, 1.807) is 6.08 Å². The van der Waals surface area contributed by atoms with Gasteiger partial charge in [0.2, 0.25) is 0 Å². The highest BCUT2D eigenvalue weighted by Crippen LogP contribution is 2.21. The molecule has 0 aromatic heterocycles. The van der Waals surface area contributed by atoms with E-state index in [2.05, 4.69) is 71.8 Å². The molecule has 0 aliphatic carbocycles. The van der Waals surface area contributed by atoms with Gasteiger partial charge in [-0.25, -0.2) is 0 Å². The zero-order chi connectivity index (χ0) is 21.3. The monoisotopic (exact) mass is 364 g/mol. The highest BCUT2D eigenvalue weighted by molar-refractivity contribution is 5.38. The van der Waals surface area contributed by atoms with Gasteiger partial charge in [-0.1, -0.05) is 78.8 Å². The summed E-state index contributed by atoms with van der Waals surface area (Å²) in [6.45, 7) is 26.7. The number of rotatable bonds is 9. The largest absolute Gasteiger partial charge is 0.399 e. The van der Waals surface area contributed by atoms with E-state index in [-0.39, 0.29) is 0 Å². The fourth-order valence-electron chi connectivity index (χ4n) is 2.73. The van der Waals surface area contributed by atoms with Crippen molar-refractivity contribution in [1.29, 1.82) is 0 Å². The Hall–Kier alpha value is -1.44. The summed E-state index contributed by atoms with van der Waals surface area (Å²) in [5.41, 5.74) is 8.24. The molecule has 0 aliphatic rings. The molecule has 0 amide bonds. The lowest BCUT2D eigenvalue weighted by atomic mass is 9.88. The first-order valence-electron chi connectivity index (χ1n) is 10.3. The highest BCUT2D eigenvalue weighted by atomic mass is 15.1. The molecular formula is C24H48N2. The summed E-state index contributed by atoms with van der Waals surface area (Å²) in [5.74, 6) is 1.67. The molecule has 0 rings (SSSR count). The van der Waals surface area contributed by atoms with Crippen molar-refractivity contribution < 1.29 is 0 Å². The first-order valence-corrected chi connectivity index (χ1v) is 10.3. The predicted octanol–water partition coefficient (Wildman–Crippen LogP) is 7.31. The molecule has 0 saturated heterocycles. The number of hydrogen-bond donors (Lipinski definition) is 1. The maximum Gasteiger partial charge on any atom is 0.0331 e. The third kappa shape index (κ3) is 12.9. The van der Waals surface area contributed by atoms with Crippen LogP contribution in [-0.2, 0) is 0 Å². The van der Waals surface area contributed by atoms with E-state index in [1.165, 1.54) is 19.3 Å². The van der Waals surface area contributed by atoms with Gasteiger partial charge in [0.15, 0.2) is 0 Å². The normalized spacial score (nSPS) is 13.7. The molecule has 2 heteroatoms. The predicted molar refractivity (Wildman–Crippen MR) is 123 cm³/mol. The average molecular weight is 365 g/mol. The number of nitrogens with two attached hydrogens (primary N) is 1. The van der Waals surface area contributed by atoms with Gasteiger partial charge in [-0.15, -0.1) is 0 Å². The molecule has 1 unspecified atom stereocenters. The summed E-state index contributed by atoms with van der Waals surface area (Å²) in [5, 5.41) is 0. The molecule has 0 saturated carbocycles. The summed E-state index contributed by atoms with van der Waals surface area (Å²) in [6.07, 6.45) is 10.2. The van der Waals surface area contributed by atoms with E-state index in [0.29, 0.717) is 11.7 Å². The van der Waals surface area contributed by atoms with Crippen molar-refractivity contribution in [2.45, 2.75) is 87.6 Å². The van der Waals surface area contributed by atoms with Crippen molar-refractivity contribution in [2.75, 3.05) is 7.05 Å². The van der Waals surface area contributed by atoms with Crippen molar-refractivity contribution in [2.24, 2.45) is 17.6 Å². The quantitative estimate of drug-likeness (QED) is 0.343. The minimum Gasteiger partial charge on any atom is -0.399 e. The van der Waals surface area contributed by atoms with Gasteiger partial charge in [-0.05, 0) is 46.0 Å². The van der Waals surface area contributed by atoms with Gasteiger partial charge in [-0.2, -0.15) is 0 Å². The molecule has 26 heavy (non-hydrogen) atoms. The molecule has 0 aliphatic heterocycles. The molecule has 154 valence electrons. The molecular weight excluding hydrogens is 316 g/mol. The topological polar surface area (TPSA) is 29.3 Å². The zero-order valence-corrected chi connectivity index (χ0v) is 19.5. The van der Waals surface area contributed by atoms with E-state index in [0.717, 1.165) is 23.1 Å².